The van der Waals surface area contributed by atoms with Gasteiger partial charge in [0.15, 0.2) is 0 Å². The molecule has 0 unspecified atom stereocenters. The lowest BCUT2D eigenvalue weighted by Gasteiger charge is -2.35. The molecule has 11 nitrogen and oxygen atoms in total. The van der Waals surface area contributed by atoms with Crippen LogP contribution in [0.3, 0.4) is 0 Å². The number of aliphatic carboxylic acids is 1. The number of carboxylic acid groups (broad SMARTS) is 1. The summed E-state index contributed by atoms with van der Waals surface area (Å²) < 4.78 is 11.1. The number of urea groups is 1. The molecule has 0 bridgehead atoms. The van der Waals surface area contributed by atoms with Crippen LogP contribution in [0.1, 0.15) is 44.2 Å². The monoisotopic (exact) mass is 578 g/mol. The molecule has 5 rings (SSSR count). The number of carbonyl (C=O) groups is 4. The van der Waals surface area contributed by atoms with Crippen LogP contribution < -0.4 is 5.32 Å². The molecule has 224 valence electrons. The molecule has 0 spiro atoms. The Morgan fingerprint density at radius 1 is 0.929 bits per heavy atom. The fraction of sp³-hybridized carbons (Fsp3) is 0.484. The average Bonchev–Trinajstić information content (AvgIpc) is 3.51. The first-order valence-electron chi connectivity index (χ1n) is 14.3. The Morgan fingerprint density at radius 2 is 1.52 bits per heavy atom. The van der Waals surface area contributed by atoms with E-state index in [2.05, 4.69) is 5.32 Å². The molecule has 3 aliphatic rings. The molecule has 2 fully saturated rings. The second kappa shape index (κ2) is 12.0. The number of carboxylic acids is 1. The van der Waals surface area contributed by atoms with Gasteiger partial charge in [0.2, 0.25) is 0 Å². The number of nitrogens with one attached hydrogen (secondary N) is 1. The van der Waals surface area contributed by atoms with Crippen molar-refractivity contribution < 1.29 is 33.8 Å². The molecule has 2 N–H and O–H groups in total. The van der Waals surface area contributed by atoms with Gasteiger partial charge >= 0.3 is 24.1 Å². The summed E-state index contributed by atoms with van der Waals surface area (Å²) in [7, 11) is 0. The summed E-state index contributed by atoms with van der Waals surface area (Å²) in [6.07, 6.45) is -0.624. The first-order chi connectivity index (χ1) is 20.0. The van der Waals surface area contributed by atoms with E-state index < -0.39 is 29.7 Å². The minimum atomic E-state index is -1.14. The van der Waals surface area contributed by atoms with E-state index in [1.165, 1.54) is 4.90 Å². The van der Waals surface area contributed by atoms with Crippen molar-refractivity contribution in [3.05, 3.63) is 59.7 Å². The molecule has 0 saturated carbocycles. The molecule has 0 radical (unpaired) electrons. The summed E-state index contributed by atoms with van der Waals surface area (Å²) in [6.45, 7) is 7.60. The molecule has 2 aliphatic heterocycles. The number of hydrogen-bond donors (Lipinski definition) is 2. The highest BCUT2D eigenvalue weighted by Gasteiger charge is 2.42. The predicted octanol–water partition coefficient (Wildman–Crippen LogP) is 3.13. The van der Waals surface area contributed by atoms with Crippen LogP contribution in [-0.4, -0.2) is 107 Å². The second-order valence-corrected chi connectivity index (χ2v) is 12.0. The number of likely N-dealkylation sites (tertiary alicyclic amines) is 1. The van der Waals surface area contributed by atoms with Crippen LogP contribution in [-0.2, 0) is 19.1 Å². The van der Waals surface area contributed by atoms with Gasteiger partial charge in [0.1, 0.15) is 18.2 Å². The summed E-state index contributed by atoms with van der Waals surface area (Å²) >= 11 is 0. The lowest BCUT2D eigenvalue weighted by Crippen LogP contribution is -2.54. The summed E-state index contributed by atoms with van der Waals surface area (Å²) in [6, 6.07) is 14.0. The van der Waals surface area contributed by atoms with Gasteiger partial charge in [0.25, 0.3) is 0 Å². The van der Waals surface area contributed by atoms with E-state index in [0.29, 0.717) is 26.2 Å². The fourth-order valence-corrected chi connectivity index (χ4v) is 5.98. The van der Waals surface area contributed by atoms with E-state index in [4.69, 9.17) is 9.47 Å². The van der Waals surface area contributed by atoms with Gasteiger partial charge in [-0.25, -0.2) is 14.4 Å². The standard InChI is InChI=1S/C31H38N4O7/c1-31(2,3)42-27(36)18-33-12-14-34(15-13-33)29(39)32-20-16-26(28(37)38)35(17-20)30(40)41-19-25-23-10-6-4-8-21(23)22-9-5-7-11-24(22)25/h4-11,20,25-26H,12-19H2,1-3H3,(H,32,39)(H,37,38)/t20-,26-/m0/s1. The molecule has 2 atom stereocenters. The average molecular weight is 579 g/mol. The minimum absolute atomic E-state index is 0.0397. The third kappa shape index (κ3) is 6.51. The van der Waals surface area contributed by atoms with Crippen molar-refractivity contribution in [3.8, 4) is 11.1 Å². The molecule has 2 aromatic carbocycles. The molecular formula is C31H38N4O7. The maximum atomic E-state index is 13.2. The first kappa shape index (κ1) is 29.4. The van der Waals surface area contributed by atoms with Crippen LogP contribution in [0.2, 0.25) is 0 Å². The van der Waals surface area contributed by atoms with Crippen molar-refractivity contribution in [3.63, 3.8) is 0 Å². The Morgan fingerprint density at radius 3 is 2.10 bits per heavy atom. The smallest absolute Gasteiger partial charge is 0.410 e. The van der Waals surface area contributed by atoms with E-state index in [-0.39, 0.29) is 44.0 Å². The highest BCUT2D eigenvalue weighted by molar-refractivity contribution is 5.82. The number of rotatable bonds is 6. The van der Waals surface area contributed by atoms with E-state index in [1.54, 1.807) is 4.90 Å². The van der Waals surface area contributed by atoms with Crippen LogP contribution in [0.25, 0.3) is 11.1 Å². The Bertz CT molecular complexity index is 1300. The summed E-state index contributed by atoms with van der Waals surface area (Å²) in [5.41, 5.74) is 3.79. The molecule has 0 aromatic heterocycles. The maximum Gasteiger partial charge on any atom is 0.410 e. The Labute approximate surface area is 245 Å². The summed E-state index contributed by atoms with van der Waals surface area (Å²) in [5, 5.41) is 12.7. The number of ether oxygens (including phenoxy) is 2. The zero-order valence-corrected chi connectivity index (χ0v) is 24.2. The van der Waals surface area contributed by atoms with Crippen molar-refractivity contribution in [1.82, 2.24) is 20.0 Å². The predicted molar refractivity (Wildman–Crippen MR) is 154 cm³/mol. The van der Waals surface area contributed by atoms with E-state index in [1.807, 2.05) is 74.2 Å². The normalized spacial score (nSPS) is 20.5. The molecule has 2 heterocycles. The van der Waals surface area contributed by atoms with Gasteiger partial charge in [-0.05, 0) is 43.0 Å². The van der Waals surface area contributed by atoms with Crippen LogP contribution in [0.5, 0.6) is 0 Å². The van der Waals surface area contributed by atoms with Crippen molar-refractivity contribution in [2.75, 3.05) is 45.9 Å². The SMILES string of the molecule is CC(C)(C)OC(=O)CN1CCN(C(=O)N[C@H]2C[C@@H](C(=O)O)N(C(=O)OCC3c4ccccc4-c4ccccc43)C2)CC1. The quantitative estimate of drug-likeness (QED) is 0.501. The zero-order chi connectivity index (χ0) is 30.0. The number of nitrogens with zero attached hydrogens (tertiary/aromatic N) is 3. The zero-order valence-electron chi connectivity index (χ0n) is 24.2. The van der Waals surface area contributed by atoms with Gasteiger partial charge in [0.05, 0.1) is 12.6 Å². The Kier molecular flexibility index (Phi) is 8.40. The molecule has 3 amide bonds. The third-order valence-electron chi connectivity index (χ3n) is 7.92. The van der Waals surface area contributed by atoms with Gasteiger partial charge in [-0.15, -0.1) is 0 Å². The van der Waals surface area contributed by atoms with E-state index in [0.717, 1.165) is 22.3 Å². The number of fused-ring (bicyclic) bond motifs is 3. The highest BCUT2D eigenvalue weighted by atomic mass is 16.6. The van der Waals surface area contributed by atoms with Crippen molar-refractivity contribution in [1.29, 1.82) is 0 Å². The minimum Gasteiger partial charge on any atom is -0.480 e. The molecule has 2 aromatic rings. The number of piperazine rings is 1. The van der Waals surface area contributed by atoms with Gasteiger partial charge in [-0.2, -0.15) is 0 Å². The molecule has 1 aliphatic carbocycles. The topological polar surface area (TPSA) is 129 Å². The van der Waals surface area contributed by atoms with E-state index in [9.17, 15) is 24.3 Å². The van der Waals surface area contributed by atoms with Gasteiger partial charge in [-0.3, -0.25) is 14.6 Å². The van der Waals surface area contributed by atoms with Crippen LogP contribution in [0.15, 0.2) is 48.5 Å². The lowest BCUT2D eigenvalue weighted by atomic mass is 9.98. The highest BCUT2D eigenvalue weighted by Crippen LogP contribution is 2.44. The molecule has 2 saturated heterocycles. The van der Waals surface area contributed by atoms with Gasteiger partial charge < -0.3 is 24.8 Å². The van der Waals surface area contributed by atoms with Crippen molar-refractivity contribution >= 4 is 24.1 Å². The van der Waals surface area contributed by atoms with Crippen LogP contribution >= 0.6 is 0 Å². The summed E-state index contributed by atoms with van der Waals surface area (Å²) in [4.78, 5) is 55.1. The number of amides is 3. The lowest BCUT2D eigenvalue weighted by molar-refractivity contribution is -0.156. The molecule has 42 heavy (non-hydrogen) atoms. The Balaban J connectivity index is 1.14. The third-order valence-corrected chi connectivity index (χ3v) is 7.92. The Hall–Kier alpha value is -4.12. The molecular weight excluding hydrogens is 540 g/mol. The molecule has 11 heteroatoms. The second-order valence-electron chi connectivity index (χ2n) is 12.0. The number of benzene rings is 2. The number of hydrogen-bond acceptors (Lipinski definition) is 7. The van der Waals surface area contributed by atoms with Gasteiger partial charge in [0, 0.05) is 45.1 Å². The van der Waals surface area contributed by atoms with Gasteiger partial charge in [-0.1, -0.05) is 48.5 Å². The largest absolute Gasteiger partial charge is 0.480 e. The fourth-order valence-electron chi connectivity index (χ4n) is 5.98. The first-order valence-corrected chi connectivity index (χ1v) is 14.3. The van der Waals surface area contributed by atoms with Crippen LogP contribution in [0.4, 0.5) is 9.59 Å². The van der Waals surface area contributed by atoms with Crippen molar-refractivity contribution in [2.24, 2.45) is 0 Å². The van der Waals surface area contributed by atoms with E-state index >= 15 is 0 Å². The number of esters is 1. The summed E-state index contributed by atoms with van der Waals surface area (Å²) in [5.74, 6) is -1.59. The van der Waals surface area contributed by atoms with Crippen molar-refractivity contribution in [2.45, 2.75) is 50.8 Å². The number of carbonyl (C=O) groups excluding carboxylic acids is 3. The van der Waals surface area contributed by atoms with Crippen LogP contribution in [0, 0.1) is 0 Å². The maximum absolute atomic E-state index is 13.2.